The van der Waals surface area contributed by atoms with E-state index in [2.05, 4.69) is 31.2 Å². The molecule has 0 aromatic heterocycles. The van der Waals surface area contributed by atoms with Crippen molar-refractivity contribution in [3.8, 4) is 0 Å². The van der Waals surface area contributed by atoms with Gasteiger partial charge in [-0.3, -0.25) is 0 Å². The van der Waals surface area contributed by atoms with Crippen LogP contribution in [0.5, 0.6) is 0 Å². The van der Waals surface area contributed by atoms with E-state index in [-0.39, 0.29) is 6.04 Å². The molecule has 1 aromatic carbocycles. The lowest BCUT2D eigenvalue weighted by molar-refractivity contribution is 0.0910. The van der Waals surface area contributed by atoms with Crippen molar-refractivity contribution in [2.24, 2.45) is 11.7 Å². The maximum Gasteiger partial charge on any atom is 0.407 e. The van der Waals surface area contributed by atoms with Gasteiger partial charge in [0, 0.05) is 12.6 Å². The molecule has 0 saturated carbocycles. The van der Waals surface area contributed by atoms with Crippen molar-refractivity contribution in [3.63, 3.8) is 0 Å². The molecule has 2 atom stereocenters. The summed E-state index contributed by atoms with van der Waals surface area (Å²) in [6.45, 7) is 3.31. The van der Waals surface area contributed by atoms with Crippen LogP contribution in [0.2, 0.25) is 0 Å². The standard InChI is InChI=1S/C15H22N2O2/c1-11-2-4-12(5-3-11)8-14-9-13(10-16)6-7-17(14)15(18)19/h2-5,13-14H,6-10,16H2,1H3,(H,18,19). The summed E-state index contributed by atoms with van der Waals surface area (Å²) in [5.74, 6) is 0.450. The van der Waals surface area contributed by atoms with Crippen molar-refractivity contribution < 1.29 is 9.90 Å². The minimum atomic E-state index is -0.812. The minimum Gasteiger partial charge on any atom is -0.465 e. The fourth-order valence-electron chi connectivity index (χ4n) is 2.79. The molecule has 0 bridgehead atoms. The van der Waals surface area contributed by atoms with E-state index in [4.69, 9.17) is 5.73 Å². The quantitative estimate of drug-likeness (QED) is 0.878. The lowest BCUT2D eigenvalue weighted by Gasteiger charge is -2.37. The molecule has 1 fully saturated rings. The van der Waals surface area contributed by atoms with Crippen molar-refractivity contribution in [2.75, 3.05) is 13.1 Å². The predicted molar refractivity (Wildman–Crippen MR) is 75.2 cm³/mol. The first-order valence-electron chi connectivity index (χ1n) is 6.85. The minimum absolute atomic E-state index is 0.0579. The molecular formula is C15H22N2O2. The molecule has 4 nitrogen and oxygen atoms in total. The highest BCUT2D eigenvalue weighted by molar-refractivity contribution is 5.65. The highest BCUT2D eigenvalue weighted by Gasteiger charge is 2.30. The van der Waals surface area contributed by atoms with Crippen molar-refractivity contribution >= 4 is 6.09 Å². The average Bonchev–Trinajstić information content (AvgIpc) is 2.41. The van der Waals surface area contributed by atoms with Crippen LogP contribution in [0.4, 0.5) is 4.79 Å². The monoisotopic (exact) mass is 262 g/mol. The number of nitrogens with zero attached hydrogens (tertiary/aromatic N) is 1. The van der Waals surface area contributed by atoms with E-state index < -0.39 is 6.09 Å². The van der Waals surface area contributed by atoms with Crippen LogP contribution >= 0.6 is 0 Å². The number of carbonyl (C=O) groups is 1. The Labute approximate surface area is 114 Å². The van der Waals surface area contributed by atoms with Gasteiger partial charge < -0.3 is 15.7 Å². The number of hydrogen-bond acceptors (Lipinski definition) is 2. The highest BCUT2D eigenvalue weighted by Crippen LogP contribution is 2.25. The van der Waals surface area contributed by atoms with Gasteiger partial charge >= 0.3 is 6.09 Å². The fraction of sp³-hybridized carbons (Fsp3) is 0.533. The van der Waals surface area contributed by atoms with Crippen LogP contribution in [-0.2, 0) is 6.42 Å². The van der Waals surface area contributed by atoms with Gasteiger partial charge in [0.25, 0.3) is 0 Å². The number of likely N-dealkylation sites (tertiary alicyclic amines) is 1. The van der Waals surface area contributed by atoms with Gasteiger partial charge in [-0.1, -0.05) is 29.8 Å². The van der Waals surface area contributed by atoms with Gasteiger partial charge in [0.2, 0.25) is 0 Å². The Morgan fingerprint density at radius 1 is 1.42 bits per heavy atom. The van der Waals surface area contributed by atoms with E-state index in [0.717, 1.165) is 19.3 Å². The number of rotatable bonds is 3. The molecular weight excluding hydrogens is 240 g/mol. The summed E-state index contributed by atoms with van der Waals surface area (Å²) in [6.07, 6.45) is 1.72. The second-order valence-electron chi connectivity index (χ2n) is 5.45. The van der Waals surface area contributed by atoms with Crippen molar-refractivity contribution in [1.29, 1.82) is 0 Å². The zero-order valence-electron chi connectivity index (χ0n) is 11.4. The number of nitrogens with two attached hydrogens (primary N) is 1. The Hall–Kier alpha value is -1.55. The zero-order chi connectivity index (χ0) is 13.8. The lowest BCUT2D eigenvalue weighted by atomic mass is 9.88. The zero-order valence-corrected chi connectivity index (χ0v) is 11.4. The smallest absolute Gasteiger partial charge is 0.407 e. The van der Waals surface area contributed by atoms with E-state index in [1.54, 1.807) is 4.90 Å². The van der Waals surface area contributed by atoms with E-state index in [9.17, 15) is 9.90 Å². The summed E-state index contributed by atoms with van der Waals surface area (Å²) in [4.78, 5) is 12.9. The topological polar surface area (TPSA) is 66.6 Å². The summed E-state index contributed by atoms with van der Waals surface area (Å²) in [5, 5.41) is 9.28. The van der Waals surface area contributed by atoms with Gasteiger partial charge in [-0.25, -0.2) is 4.79 Å². The number of benzene rings is 1. The molecule has 2 unspecified atom stereocenters. The number of aryl methyl sites for hydroxylation is 1. The Morgan fingerprint density at radius 3 is 2.68 bits per heavy atom. The Kier molecular flexibility index (Phi) is 4.43. The van der Waals surface area contributed by atoms with Crippen LogP contribution < -0.4 is 5.73 Å². The first kappa shape index (κ1) is 13.9. The van der Waals surface area contributed by atoms with Crippen LogP contribution in [0.3, 0.4) is 0 Å². The van der Waals surface area contributed by atoms with Crippen LogP contribution in [0, 0.1) is 12.8 Å². The van der Waals surface area contributed by atoms with Gasteiger partial charge in [0.15, 0.2) is 0 Å². The molecule has 3 N–H and O–H groups in total. The third-order valence-corrected chi connectivity index (χ3v) is 4.00. The molecule has 1 aliphatic rings. The number of piperidine rings is 1. The Bertz CT molecular complexity index is 430. The van der Waals surface area contributed by atoms with Crippen molar-refractivity contribution in [2.45, 2.75) is 32.2 Å². The van der Waals surface area contributed by atoms with E-state index in [1.807, 2.05) is 0 Å². The number of hydrogen-bond donors (Lipinski definition) is 2. The Morgan fingerprint density at radius 2 is 2.11 bits per heavy atom. The summed E-state index contributed by atoms with van der Waals surface area (Å²) in [5.41, 5.74) is 8.15. The second kappa shape index (κ2) is 6.06. The normalized spacial score (nSPS) is 23.4. The summed E-state index contributed by atoms with van der Waals surface area (Å²) < 4.78 is 0. The Balaban J connectivity index is 2.08. The van der Waals surface area contributed by atoms with Crippen LogP contribution in [-0.4, -0.2) is 35.2 Å². The van der Waals surface area contributed by atoms with E-state index >= 15 is 0 Å². The number of carboxylic acid groups (broad SMARTS) is 1. The highest BCUT2D eigenvalue weighted by atomic mass is 16.4. The maximum absolute atomic E-state index is 11.3. The second-order valence-corrected chi connectivity index (χ2v) is 5.45. The van der Waals surface area contributed by atoms with Crippen LogP contribution in [0.25, 0.3) is 0 Å². The lowest BCUT2D eigenvalue weighted by Crippen LogP contribution is -2.47. The molecule has 1 heterocycles. The van der Waals surface area contributed by atoms with Gasteiger partial charge in [-0.15, -0.1) is 0 Å². The molecule has 0 aliphatic carbocycles. The SMILES string of the molecule is Cc1ccc(CC2CC(CN)CCN2C(=O)O)cc1. The van der Waals surface area contributed by atoms with Gasteiger partial charge in [0.1, 0.15) is 0 Å². The molecule has 4 heteroatoms. The molecule has 1 amide bonds. The third-order valence-electron chi connectivity index (χ3n) is 4.00. The molecule has 2 rings (SSSR count). The average molecular weight is 262 g/mol. The van der Waals surface area contributed by atoms with Crippen molar-refractivity contribution in [3.05, 3.63) is 35.4 Å². The largest absolute Gasteiger partial charge is 0.465 e. The van der Waals surface area contributed by atoms with E-state index in [1.165, 1.54) is 11.1 Å². The number of amides is 1. The maximum atomic E-state index is 11.3. The van der Waals surface area contributed by atoms with Gasteiger partial charge in [-0.05, 0) is 44.2 Å². The predicted octanol–water partition coefficient (Wildman–Crippen LogP) is 2.25. The first-order valence-corrected chi connectivity index (χ1v) is 6.85. The fourth-order valence-corrected chi connectivity index (χ4v) is 2.79. The summed E-state index contributed by atoms with van der Waals surface area (Å²) >= 11 is 0. The van der Waals surface area contributed by atoms with Gasteiger partial charge in [-0.2, -0.15) is 0 Å². The molecule has 104 valence electrons. The van der Waals surface area contributed by atoms with Crippen LogP contribution in [0.15, 0.2) is 24.3 Å². The van der Waals surface area contributed by atoms with E-state index in [0.29, 0.717) is 19.0 Å². The third kappa shape index (κ3) is 3.47. The molecule has 1 aliphatic heterocycles. The van der Waals surface area contributed by atoms with Crippen molar-refractivity contribution in [1.82, 2.24) is 4.90 Å². The molecule has 0 spiro atoms. The molecule has 19 heavy (non-hydrogen) atoms. The summed E-state index contributed by atoms with van der Waals surface area (Å²) in [6, 6.07) is 8.37. The molecule has 0 radical (unpaired) electrons. The molecule has 1 saturated heterocycles. The summed E-state index contributed by atoms with van der Waals surface area (Å²) in [7, 11) is 0. The van der Waals surface area contributed by atoms with Gasteiger partial charge in [0.05, 0.1) is 0 Å². The first-order chi connectivity index (χ1) is 9.10. The molecule has 1 aromatic rings. The van der Waals surface area contributed by atoms with Crippen LogP contribution in [0.1, 0.15) is 24.0 Å².